The van der Waals surface area contributed by atoms with Crippen molar-refractivity contribution in [2.45, 2.75) is 19.8 Å². The van der Waals surface area contributed by atoms with Crippen molar-refractivity contribution in [3.63, 3.8) is 0 Å². The predicted octanol–water partition coefficient (Wildman–Crippen LogP) is 3.81. The number of carbonyl (C=O) groups excluding carboxylic acids is 1. The highest BCUT2D eigenvalue weighted by atomic mass is 19.1. The third-order valence-corrected chi connectivity index (χ3v) is 3.41. The van der Waals surface area contributed by atoms with Crippen LogP contribution in [0.3, 0.4) is 0 Å². The Kier molecular flexibility index (Phi) is 4.75. The smallest absolute Gasteiger partial charge is 0.339 e. The van der Waals surface area contributed by atoms with Crippen LogP contribution < -0.4 is 4.74 Å². The van der Waals surface area contributed by atoms with E-state index in [1.165, 1.54) is 26.4 Å². The van der Waals surface area contributed by atoms with Crippen LogP contribution in [0.2, 0.25) is 0 Å². The van der Waals surface area contributed by atoms with Crippen LogP contribution in [0.1, 0.15) is 35.7 Å². The van der Waals surface area contributed by atoms with Crippen molar-refractivity contribution in [2.24, 2.45) is 0 Å². The van der Waals surface area contributed by atoms with E-state index in [9.17, 15) is 9.18 Å². The van der Waals surface area contributed by atoms with Gasteiger partial charge >= 0.3 is 5.97 Å². The highest BCUT2D eigenvalue weighted by Gasteiger charge is 2.24. The van der Waals surface area contributed by atoms with E-state index < -0.39 is 5.97 Å². The van der Waals surface area contributed by atoms with Gasteiger partial charge in [-0.05, 0) is 29.2 Å². The molecule has 1 aromatic heterocycles. The van der Waals surface area contributed by atoms with Crippen molar-refractivity contribution in [1.29, 1.82) is 0 Å². The maximum absolute atomic E-state index is 13.2. The zero-order chi connectivity index (χ0) is 16.3. The molecule has 0 radical (unpaired) electrons. The van der Waals surface area contributed by atoms with E-state index in [1.54, 1.807) is 18.3 Å². The second-order valence-corrected chi connectivity index (χ2v) is 5.13. The monoisotopic (exact) mass is 303 g/mol. The van der Waals surface area contributed by atoms with E-state index in [4.69, 9.17) is 9.47 Å². The summed E-state index contributed by atoms with van der Waals surface area (Å²) >= 11 is 0. The normalized spacial score (nSPS) is 10.6. The van der Waals surface area contributed by atoms with E-state index in [-0.39, 0.29) is 11.7 Å². The molecule has 5 heteroatoms. The van der Waals surface area contributed by atoms with Gasteiger partial charge in [-0.1, -0.05) is 26.0 Å². The van der Waals surface area contributed by atoms with Crippen LogP contribution in [-0.4, -0.2) is 25.2 Å². The van der Waals surface area contributed by atoms with Crippen LogP contribution in [0, 0.1) is 5.82 Å². The molecule has 0 fully saturated rings. The van der Waals surface area contributed by atoms with Crippen molar-refractivity contribution in [3.05, 3.63) is 47.4 Å². The minimum atomic E-state index is -0.469. The van der Waals surface area contributed by atoms with Gasteiger partial charge in [-0.25, -0.2) is 14.2 Å². The number of benzene rings is 1. The number of ether oxygens (including phenoxy) is 2. The van der Waals surface area contributed by atoms with Crippen LogP contribution in [0.5, 0.6) is 5.88 Å². The lowest BCUT2D eigenvalue weighted by Crippen LogP contribution is -2.11. The highest BCUT2D eigenvalue weighted by molar-refractivity contribution is 6.00. The van der Waals surface area contributed by atoms with Gasteiger partial charge in [0.1, 0.15) is 5.82 Å². The first-order valence-corrected chi connectivity index (χ1v) is 6.90. The lowest BCUT2D eigenvalue weighted by atomic mass is 9.92. The molecule has 4 nitrogen and oxygen atoms in total. The molecule has 0 saturated heterocycles. The van der Waals surface area contributed by atoms with E-state index in [0.29, 0.717) is 22.6 Å². The summed E-state index contributed by atoms with van der Waals surface area (Å²) in [6, 6.07) is 5.84. The first-order valence-electron chi connectivity index (χ1n) is 6.90. The summed E-state index contributed by atoms with van der Waals surface area (Å²) in [6.45, 7) is 3.93. The summed E-state index contributed by atoms with van der Waals surface area (Å²) in [5, 5.41) is 0. The van der Waals surface area contributed by atoms with Gasteiger partial charge in [-0.2, -0.15) is 0 Å². The van der Waals surface area contributed by atoms with Crippen molar-refractivity contribution >= 4 is 5.97 Å². The van der Waals surface area contributed by atoms with E-state index in [0.717, 1.165) is 5.56 Å². The molecule has 1 aromatic carbocycles. The first kappa shape index (κ1) is 15.9. The summed E-state index contributed by atoms with van der Waals surface area (Å²) in [6.07, 6.45) is 1.61. The van der Waals surface area contributed by atoms with Gasteiger partial charge in [0.2, 0.25) is 5.88 Å². The fraction of sp³-hybridized carbons (Fsp3) is 0.294. The average Bonchev–Trinajstić information content (AvgIpc) is 2.53. The molecule has 116 valence electrons. The van der Waals surface area contributed by atoms with Gasteiger partial charge in [0.25, 0.3) is 0 Å². The molecule has 0 N–H and O–H groups in total. The van der Waals surface area contributed by atoms with Crippen molar-refractivity contribution in [2.75, 3.05) is 14.2 Å². The van der Waals surface area contributed by atoms with Crippen molar-refractivity contribution in [3.8, 4) is 17.0 Å². The summed E-state index contributed by atoms with van der Waals surface area (Å²) < 4.78 is 23.4. The molecule has 0 aliphatic carbocycles. The topological polar surface area (TPSA) is 48.4 Å². The maximum Gasteiger partial charge on any atom is 0.339 e. The van der Waals surface area contributed by atoms with Gasteiger partial charge in [0, 0.05) is 6.20 Å². The zero-order valence-electron chi connectivity index (χ0n) is 13.0. The summed E-state index contributed by atoms with van der Waals surface area (Å²) in [7, 11) is 2.80. The van der Waals surface area contributed by atoms with Crippen molar-refractivity contribution in [1.82, 2.24) is 4.98 Å². The zero-order valence-corrected chi connectivity index (χ0v) is 13.0. The Morgan fingerprint density at radius 2 is 1.82 bits per heavy atom. The standard InChI is InChI=1S/C17H18FNO3/c1-10(2)13-9-19-16(21-3)14(15(13)17(20)22-4)11-5-7-12(18)8-6-11/h5-10H,1-4H3. The van der Waals surface area contributed by atoms with Gasteiger partial charge < -0.3 is 9.47 Å². The molecule has 2 aromatic rings. The van der Waals surface area contributed by atoms with Crippen LogP contribution >= 0.6 is 0 Å². The number of pyridine rings is 1. The minimum Gasteiger partial charge on any atom is -0.481 e. The quantitative estimate of drug-likeness (QED) is 0.806. The van der Waals surface area contributed by atoms with E-state index in [1.807, 2.05) is 13.8 Å². The van der Waals surface area contributed by atoms with Crippen molar-refractivity contribution < 1.29 is 18.7 Å². The Labute approximate surface area is 128 Å². The second kappa shape index (κ2) is 6.56. The molecule has 0 amide bonds. The summed E-state index contributed by atoms with van der Waals surface area (Å²) in [5.74, 6) is -0.442. The fourth-order valence-electron chi connectivity index (χ4n) is 2.31. The molecule has 0 unspecified atom stereocenters. The Morgan fingerprint density at radius 3 is 2.32 bits per heavy atom. The number of esters is 1. The van der Waals surface area contributed by atoms with E-state index in [2.05, 4.69) is 4.98 Å². The molecule has 1 heterocycles. The van der Waals surface area contributed by atoms with Crippen LogP contribution in [-0.2, 0) is 4.74 Å². The number of carbonyl (C=O) groups is 1. The third-order valence-electron chi connectivity index (χ3n) is 3.41. The molecule has 22 heavy (non-hydrogen) atoms. The molecule has 0 aliphatic rings. The van der Waals surface area contributed by atoms with Crippen LogP contribution in [0.4, 0.5) is 4.39 Å². The van der Waals surface area contributed by atoms with Gasteiger partial charge in [0.05, 0.1) is 25.3 Å². The number of hydrogen-bond acceptors (Lipinski definition) is 4. The number of methoxy groups -OCH3 is 2. The molecule has 0 spiro atoms. The Balaban J connectivity index is 2.80. The molecular weight excluding hydrogens is 285 g/mol. The molecular formula is C17H18FNO3. The average molecular weight is 303 g/mol. The Bertz CT molecular complexity index is 681. The van der Waals surface area contributed by atoms with Crippen LogP contribution in [0.15, 0.2) is 30.5 Å². The number of halogens is 1. The molecule has 0 aliphatic heterocycles. The first-order chi connectivity index (χ1) is 10.5. The molecule has 2 rings (SSSR count). The highest BCUT2D eigenvalue weighted by Crippen LogP contribution is 2.36. The maximum atomic E-state index is 13.2. The number of hydrogen-bond donors (Lipinski definition) is 0. The largest absolute Gasteiger partial charge is 0.481 e. The van der Waals surface area contributed by atoms with E-state index >= 15 is 0 Å². The van der Waals surface area contributed by atoms with Gasteiger partial charge in [-0.15, -0.1) is 0 Å². The fourth-order valence-corrected chi connectivity index (χ4v) is 2.31. The number of rotatable bonds is 4. The molecule has 0 bridgehead atoms. The number of aromatic nitrogens is 1. The lowest BCUT2D eigenvalue weighted by Gasteiger charge is -2.17. The summed E-state index contributed by atoms with van der Waals surface area (Å²) in [5.41, 5.74) is 2.32. The Hall–Kier alpha value is -2.43. The van der Waals surface area contributed by atoms with Crippen LogP contribution in [0.25, 0.3) is 11.1 Å². The minimum absolute atomic E-state index is 0.0757. The Morgan fingerprint density at radius 1 is 1.18 bits per heavy atom. The number of nitrogens with zero attached hydrogens (tertiary/aromatic N) is 1. The van der Waals surface area contributed by atoms with Gasteiger partial charge in [0.15, 0.2) is 0 Å². The third kappa shape index (κ3) is 2.93. The molecule has 0 saturated carbocycles. The SMILES string of the molecule is COC(=O)c1c(C(C)C)cnc(OC)c1-c1ccc(F)cc1. The summed E-state index contributed by atoms with van der Waals surface area (Å²) in [4.78, 5) is 16.6. The second-order valence-electron chi connectivity index (χ2n) is 5.13. The predicted molar refractivity (Wildman–Crippen MR) is 81.6 cm³/mol. The van der Waals surface area contributed by atoms with Gasteiger partial charge in [-0.3, -0.25) is 0 Å². The lowest BCUT2D eigenvalue weighted by molar-refractivity contribution is 0.0599. The molecule has 0 atom stereocenters.